The molecule has 14 heavy (non-hydrogen) atoms. The fraction of sp³-hybridized carbons (Fsp3) is 0.200. The average molecular weight is 277 g/mol. The van der Waals surface area contributed by atoms with Gasteiger partial charge in [-0.3, -0.25) is 0 Å². The van der Waals surface area contributed by atoms with Crippen LogP contribution in [0.4, 0.5) is 5.69 Å². The standard InChI is InChI=1S/C10H11BrClNO/c1-7(11)6-13-9-5-8(12)3-4-10(9)14-2/h3-5,13H,1,6H2,2H3. The molecule has 1 N–H and O–H groups in total. The van der Waals surface area contributed by atoms with Gasteiger partial charge in [0, 0.05) is 16.0 Å². The van der Waals surface area contributed by atoms with Gasteiger partial charge >= 0.3 is 0 Å². The quantitative estimate of drug-likeness (QED) is 0.906. The Hall–Kier alpha value is -0.670. The molecular weight excluding hydrogens is 265 g/mol. The highest BCUT2D eigenvalue weighted by Crippen LogP contribution is 2.27. The van der Waals surface area contributed by atoms with Crippen LogP contribution >= 0.6 is 27.5 Å². The van der Waals surface area contributed by atoms with E-state index in [4.69, 9.17) is 16.3 Å². The summed E-state index contributed by atoms with van der Waals surface area (Å²) in [4.78, 5) is 0. The van der Waals surface area contributed by atoms with E-state index in [0.29, 0.717) is 11.6 Å². The lowest BCUT2D eigenvalue weighted by molar-refractivity contribution is 0.416. The molecule has 0 aliphatic carbocycles. The number of ether oxygens (including phenoxy) is 1. The van der Waals surface area contributed by atoms with Crippen molar-refractivity contribution in [1.82, 2.24) is 0 Å². The van der Waals surface area contributed by atoms with Crippen LogP contribution in [-0.2, 0) is 0 Å². The van der Waals surface area contributed by atoms with Gasteiger partial charge in [0.15, 0.2) is 0 Å². The Morgan fingerprint density at radius 1 is 1.64 bits per heavy atom. The number of anilines is 1. The Balaban J connectivity index is 2.82. The molecule has 0 radical (unpaired) electrons. The van der Waals surface area contributed by atoms with E-state index in [1.54, 1.807) is 13.2 Å². The minimum atomic E-state index is 0.636. The Morgan fingerprint density at radius 3 is 2.93 bits per heavy atom. The molecule has 0 bridgehead atoms. The minimum absolute atomic E-state index is 0.636. The van der Waals surface area contributed by atoms with Crippen LogP contribution in [0.25, 0.3) is 0 Å². The second-order valence-electron chi connectivity index (χ2n) is 2.72. The van der Waals surface area contributed by atoms with E-state index in [9.17, 15) is 0 Å². The minimum Gasteiger partial charge on any atom is -0.495 e. The summed E-state index contributed by atoms with van der Waals surface area (Å²) in [5.74, 6) is 0.767. The van der Waals surface area contributed by atoms with Crippen molar-refractivity contribution in [2.75, 3.05) is 19.0 Å². The maximum Gasteiger partial charge on any atom is 0.142 e. The highest BCUT2D eigenvalue weighted by molar-refractivity contribution is 9.11. The van der Waals surface area contributed by atoms with E-state index < -0.39 is 0 Å². The van der Waals surface area contributed by atoms with Crippen molar-refractivity contribution in [3.63, 3.8) is 0 Å². The second kappa shape index (κ2) is 5.27. The van der Waals surface area contributed by atoms with Crippen LogP contribution in [0.15, 0.2) is 29.3 Å². The highest BCUT2D eigenvalue weighted by atomic mass is 79.9. The number of hydrogen-bond donors (Lipinski definition) is 1. The Bertz CT molecular complexity index is 341. The van der Waals surface area contributed by atoms with Crippen molar-refractivity contribution in [2.24, 2.45) is 0 Å². The molecule has 0 heterocycles. The Morgan fingerprint density at radius 2 is 2.36 bits per heavy atom. The van der Waals surface area contributed by atoms with Crippen LogP contribution in [0.5, 0.6) is 5.75 Å². The molecule has 0 saturated heterocycles. The van der Waals surface area contributed by atoms with E-state index in [1.807, 2.05) is 12.1 Å². The molecule has 1 rings (SSSR count). The van der Waals surface area contributed by atoms with Crippen molar-refractivity contribution < 1.29 is 4.74 Å². The van der Waals surface area contributed by atoms with Crippen molar-refractivity contribution in [3.8, 4) is 5.75 Å². The van der Waals surface area contributed by atoms with Crippen molar-refractivity contribution >= 4 is 33.2 Å². The zero-order valence-corrected chi connectivity index (χ0v) is 10.2. The average Bonchev–Trinajstić information content (AvgIpc) is 2.15. The lowest BCUT2D eigenvalue weighted by atomic mass is 10.3. The number of nitrogens with one attached hydrogen (secondary N) is 1. The van der Waals surface area contributed by atoms with E-state index in [0.717, 1.165) is 15.9 Å². The number of methoxy groups -OCH3 is 1. The summed E-state index contributed by atoms with van der Waals surface area (Å²) in [5.41, 5.74) is 0.862. The van der Waals surface area contributed by atoms with Gasteiger partial charge in [-0.1, -0.05) is 34.1 Å². The van der Waals surface area contributed by atoms with Gasteiger partial charge in [0.2, 0.25) is 0 Å². The van der Waals surface area contributed by atoms with Gasteiger partial charge in [-0.25, -0.2) is 0 Å². The zero-order valence-electron chi connectivity index (χ0n) is 7.81. The molecular formula is C10H11BrClNO. The maximum atomic E-state index is 5.86. The topological polar surface area (TPSA) is 21.3 Å². The zero-order chi connectivity index (χ0) is 10.6. The summed E-state index contributed by atoms with van der Waals surface area (Å²) in [7, 11) is 1.62. The summed E-state index contributed by atoms with van der Waals surface area (Å²) in [6.07, 6.45) is 0. The van der Waals surface area contributed by atoms with E-state index in [2.05, 4.69) is 27.8 Å². The summed E-state index contributed by atoms with van der Waals surface area (Å²) < 4.78 is 6.04. The second-order valence-corrected chi connectivity index (χ2v) is 4.27. The van der Waals surface area contributed by atoms with Gasteiger partial charge in [-0.15, -0.1) is 0 Å². The molecule has 1 aromatic carbocycles. The largest absolute Gasteiger partial charge is 0.495 e. The third-order valence-electron chi connectivity index (χ3n) is 1.63. The number of hydrogen-bond acceptors (Lipinski definition) is 2. The Labute approximate surface area is 97.0 Å². The molecule has 0 unspecified atom stereocenters. The predicted octanol–water partition coefficient (Wildman–Crippen LogP) is 3.67. The van der Waals surface area contributed by atoms with E-state index >= 15 is 0 Å². The summed E-state index contributed by atoms with van der Waals surface area (Å²) >= 11 is 9.13. The molecule has 4 heteroatoms. The number of rotatable bonds is 4. The molecule has 0 saturated carbocycles. The third kappa shape index (κ3) is 3.24. The normalized spacial score (nSPS) is 9.64. The molecule has 0 aromatic heterocycles. The van der Waals surface area contributed by atoms with Gasteiger partial charge in [0.25, 0.3) is 0 Å². The fourth-order valence-corrected chi connectivity index (χ4v) is 1.32. The summed E-state index contributed by atoms with van der Waals surface area (Å²) in [6.45, 7) is 4.36. The summed E-state index contributed by atoms with van der Waals surface area (Å²) in [5, 5.41) is 3.82. The first kappa shape index (κ1) is 11.4. The van der Waals surface area contributed by atoms with Gasteiger partial charge in [-0.05, 0) is 18.2 Å². The summed E-state index contributed by atoms with van der Waals surface area (Å²) in [6, 6.07) is 5.42. The molecule has 2 nitrogen and oxygen atoms in total. The molecule has 76 valence electrons. The van der Waals surface area contributed by atoms with Gasteiger partial charge in [0.05, 0.1) is 12.8 Å². The van der Waals surface area contributed by atoms with Crippen LogP contribution in [0.1, 0.15) is 0 Å². The SMILES string of the molecule is C=C(Br)CNc1cc(Cl)ccc1OC. The number of halogens is 2. The molecule has 0 amide bonds. The lowest BCUT2D eigenvalue weighted by Gasteiger charge is -2.10. The van der Waals surface area contributed by atoms with Crippen LogP contribution < -0.4 is 10.1 Å². The molecule has 0 aliphatic rings. The van der Waals surface area contributed by atoms with Gasteiger partial charge < -0.3 is 10.1 Å². The van der Waals surface area contributed by atoms with Crippen molar-refractivity contribution in [2.45, 2.75) is 0 Å². The smallest absolute Gasteiger partial charge is 0.142 e. The molecule has 0 spiro atoms. The van der Waals surface area contributed by atoms with Crippen molar-refractivity contribution in [1.29, 1.82) is 0 Å². The van der Waals surface area contributed by atoms with Crippen LogP contribution in [-0.4, -0.2) is 13.7 Å². The molecule has 0 atom stereocenters. The van der Waals surface area contributed by atoms with Crippen LogP contribution in [0.2, 0.25) is 5.02 Å². The maximum absolute atomic E-state index is 5.86. The van der Waals surface area contributed by atoms with Crippen LogP contribution in [0, 0.1) is 0 Å². The Kier molecular flexibility index (Phi) is 4.29. The molecule has 0 fully saturated rings. The van der Waals surface area contributed by atoms with E-state index in [1.165, 1.54) is 0 Å². The van der Waals surface area contributed by atoms with Gasteiger partial charge in [0.1, 0.15) is 5.75 Å². The van der Waals surface area contributed by atoms with E-state index in [-0.39, 0.29) is 0 Å². The predicted molar refractivity (Wildman–Crippen MR) is 64.6 cm³/mol. The highest BCUT2D eigenvalue weighted by Gasteiger charge is 2.02. The van der Waals surface area contributed by atoms with Crippen LogP contribution in [0.3, 0.4) is 0 Å². The third-order valence-corrected chi connectivity index (χ3v) is 2.15. The van der Waals surface area contributed by atoms with Crippen molar-refractivity contribution in [3.05, 3.63) is 34.3 Å². The fourth-order valence-electron chi connectivity index (χ4n) is 1.01. The first-order valence-electron chi connectivity index (χ1n) is 4.04. The monoisotopic (exact) mass is 275 g/mol. The number of benzene rings is 1. The lowest BCUT2D eigenvalue weighted by Crippen LogP contribution is -2.02. The molecule has 0 aliphatic heterocycles. The first-order valence-corrected chi connectivity index (χ1v) is 5.21. The first-order chi connectivity index (χ1) is 6.63. The van der Waals surface area contributed by atoms with Gasteiger partial charge in [-0.2, -0.15) is 0 Å². The molecule has 1 aromatic rings.